The first-order valence-corrected chi connectivity index (χ1v) is 12.8. The molecule has 1 saturated heterocycles. The maximum Gasteiger partial charge on any atom is 0.301 e. The minimum Gasteiger partial charge on any atom is -0.507 e. The van der Waals surface area contributed by atoms with Gasteiger partial charge in [0.15, 0.2) is 5.13 Å². The standard InChI is InChI=1S/C30H28N2O3S/c1-16(2)20-10-12-21(13-11-20)26-24(27(33)22-8-6-17(3)7-9-22)28(34)29(35)32(26)30-31-25-19(5)14-18(4)15-23(25)36-30/h6-16,26,33H,1-5H3/b27-24+. The van der Waals surface area contributed by atoms with E-state index in [4.69, 9.17) is 4.98 Å². The quantitative estimate of drug-likeness (QED) is 0.188. The van der Waals surface area contributed by atoms with Gasteiger partial charge in [0, 0.05) is 5.56 Å². The summed E-state index contributed by atoms with van der Waals surface area (Å²) in [6.07, 6.45) is 0. The highest BCUT2D eigenvalue weighted by Crippen LogP contribution is 2.45. The molecule has 0 spiro atoms. The van der Waals surface area contributed by atoms with Crippen molar-refractivity contribution in [2.24, 2.45) is 0 Å². The van der Waals surface area contributed by atoms with Crippen LogP contribution in [0, 0.1) is 20.8 Å². The van der Waals surface area contributed by atoms with Crippen molar-refractivity contribution < 1.29 is 14.7 Å². The summed E-state index contributed by atoms with van der Waals surface area (Å²) in [6, 6.07) is 18.5. The van der Waals surface area contributed by atoms with Gasteiger partial charge in [-0.25, -0.2) is 4.98 Å². The van der Waals surface area contributed by atoms with Gasteiger partial charge in [0.05, 0.1) is 21.8 Å². The average molecular weight is 497 g/mol. The molecule has 182 valence electrons. The molecule has 6 heteroatoms. The molecule has 1 aliphatic rings. The Labute approximate surface area is 214 Å². The molecule has 1 N–H and O–H groups in total. The van der Waals surface area contributed by atoms with Crippen molar-refractivity contribution in [2.45, 2.75) is 46.6 Å². The van der Waals surface area contributed by atoms with Crippen LogP contribution in [0.5, 0.6) is 0 Å². The molecule has 5 rings (SSSR count). The number of aliphatic hydroxyl groups is 1. The van der Waals surface area contributed by atoms with Gasteiger partial charge in [0.2, 0.25) is 0 Å². The van der Waals surface area contributed by atoms with Crippen LogP contribution in [0.25, 0.3) is 16.0 Å². The summed E-state index contributed by atoms with van der Waals surface area (Å²) in [4.78, 5) is 33.2. The van der Waals surface area contributed by atoms with E-state index in [1.165, 1.54) is 16.2 Å². The van der Waals surface area contributed by atoms with E-state index >= 15 is 0 Å². The highest BCUT2D eigenvalue weighted by molar-refractivity contribution is 7.22. The molecule has 1 atom stereocenters. The number of rotatable bonds is 4. The lowest BCUT2D eigenvalue weighted by molar-refractivity contribution is -0.132. The van der Waals surface area contributed by atoms with Gasteiger partial charge in [-0.3, -0.25) is 14.5 Å². The first-order valence-electron chi connectivity index (χ1n) is 12.0. The second-order valence-corrected chi connectivity index (χ2v) is 10.8. The molecule has 1 fully saturated rings. The number of aryl methyl sites for hydroxylation is 3. The fraction of sp³-hybridized carbons (Fsp3) is 0.233. The number of thiazole rings is 1. The van der Waals surface area contributed by atoms with E-state index in [-0.39, 0.29) is 11.3 Å². The monoisotopic (exact) mass is 496 g/mol. The van der Waals surface area contributed by atoms with Crippen molar-refractivity contribution in [1.29, 1.82) is 0 Å². The predicted molar refractivity (Wildman–Crippen MR) is 146 cm³/mol. The van der Waals surface area contributed by atoms with Crippen molar-refractivity contribution in [3.63, 3.8) is 0 Å². The van der Waals surface area contributed by atoms with Gasteiger partial charge in [0.25, 0.3) is 5.78 Å². The van der Waals surface area contributed by atoms with Crippen LogP contribution in [0.2, 0.25) is 0 Å². The Morgan fingerprint density at radius 3 is 2.25 bits per heavy atom. The number of ketones is 1. The zero-order valence-electron chi connectivity index (χ0n) is 21.0. The van der Waals surface area contributed by atoms with E-state index < -0.39 is 17.7 Å². The SMILES string of the molecule is Cc1ccc(/C(O)=C2\C(=O)C(=O)N(c3nc4c(C)cc(C)cc4s3)C2c2ccc(C(C)C)cc2)cc1. The number of nitrogens with zero attached hydrogens (tertiary/aromatic N) is 2. The maximum absolute atomic E-state index is 13.5. The minimum absolute atomic E-state index is 0.0771. The van der Waals surface area contributed by atoms with Gasteiger partial charge in [-0.2, -0.15) is 0 Å². The third kappa shape index (κ3) is 4.01. The molecule has 2 heterocycles. The Bertz CT molecular complexity index is 1530. The van der Waals surface area contributed by atoms with Crippen LogP contribution in [0.15, 0.2) is 66.2 Å². The zero-order valence-corrected chi connectivity index (χ0v) is 21.8. The second kappa shape index (κ2) is 9.03. The topological polar surface area (TPSA) is 70.5 Å². The molecule has 3 aromatic carbocycles. The Morgan fingerprint density at radius 2 is 1.61 bits per heavy atom. The number of hydrogen-bond acceptors (Lipinski definition) is 5. The molecule has 4 aromatic rings. The lowest BCUT2D eigenvalue weighted by Gasteiger charge is -2.23. The molecule has 0 saturated carbocycles. The van der Waals surface area contributed by atoms with Gasteiger partial charge in [-0.15, -0.1) is 0 Å². The summed E-state index contributed by atoms with van der Waals surface area (Å²) in [5.74, 6) is -1.23. The van der Waals surface area contributed by atoms with Crippen LogP contribution >= 0.6 is 11.3 Å². The minimum atomic E-state index is -0.783. The molecule has 0 bridgehead atoms. The van der Waals surface area contributed by atoms with Crippen LogP contribution < -0.4 is 4.90 Å². The normalized spacial score (nSPS) is 17.5. The lowest BCUT2D eigenvalue weighted by atomic mass is 9.93. The summed E-state index contributed by atoms with van der Waals surface area (Å²) >= 11 is 1.38. The van der Waals surface area contributed by atoms with Crippen molar-refractivity contribution in [2.75, 3.05) is 4.90 Å². The first kappa shape index (κ1) is 23.9. The van der Waals surface area contributed by atoms with Crippen LogP contribution in [-0.2, 0) is 9.59 Å². The lowest BCUT2D eigenvalue weighted by Crippen LogP contribution is -2.29. The maximum atomic E-state index is 13.5. The molecular formula is C30H28N2O3S. The summed E-state index contributed by atoms with van der Waals surface area (Å²) in [6.45, 7) is 10.2. The predicted octanol–water partition coefficient (Wildman–Crippen LogP) is 6.97. The van der Waals surface area contributed by atoms with E-state index in [9.17, 15) is 14.7 Å². The Kier molecular flexibility index (Phi) is 6.00. The van der Waals surface area contributed by atoms with Crippen LogP contribution in [-0.4, -0.2) is 21.8 Å². The molecule has 1 unspecified atom stereocenters. The highest BCUT2D eigenvalue weighted by atomic mass is 32.1. The number of carbonyl (C=O) groups excluding carboxylic acids is 2. The summed E-state index contributed by atoms with van der Waals surface area (Å²) in [5, 5.41) is 11.8. The van der Waals surface area contributed by atoms with Crippen molar-refractivity contribution in [3.05, 3.63) is 99.6 Å². The summed E-state index contributed by atoms with van der Waals surface area (Å²) in [5.41, 5.74) is 6.45. The molecule has 1 amide bonds. The van der Waals surface area contributed by atoms with E-state index in [2.05, 4.69) is 19.9 Å². The van der Waals surface area contributed by atoms with Gasteiger partial charge >= 0.3 is 5.91 Å². The van der Waals surface area contributed by atoms with Gasteiger partial charge < -0.3 is 5.11 Å². The smallest absolute Gasteiger partial charge is 0.301 e. The Balaban J connectivity index is 1.73. The Hall–Kier alpha value is -3.77. The van der Waals surface area contributed by atoms with Crippen LogP contribution in [0.4, 0.5) is 5.13 Å². The van der Waals surface area contributed by atoms with E-state index in [1.54, 1.807) is 12.1 Å². The number of carbonyl (C=O) groups is 2. The first-order chi connectivity index (χ1) is 17.2. The molecule has 0 radical (unpaired) electrons. The number of aromatic nitrogens is 1. The fourth-order valence-corrected chi connectivity index (χ4v) is 5.91. The number of aliphatic hydroxyl groups excluding tert-OH is 1. The molecule has 1 aromatic heterocycles. The fourth-order valence-electron chi connectivity index (χ4n) is 4.74. The summed E-state index contributed by atoms with van der Waals surface area (Å²) in [7, 11) is 0. The number of amides is 1. The Morgan fingerprint density at radius 1 is 0.944 bits per heavy atom. The van der Waals surface area contributed by atoms with E-state index in [0.29, 0.717) is 16.6 Å². The average Bonchev–Trinajstić information content (AvgIpc) is 3.38. The number of fused-ring (bicyclic) bond motifs is 1. The third-order valence-electron chi connectivity index (χ3n) is 6.71. The number of benzene rings is 3. The molecule has 5 nitrogen and oxygen atoms in total. The van der Waals surface area contributed by atoms with Crippen LogP contribution in [0.3, 0.4) is 0 Å². The third-order valence-corrected chi connectivity index (χ3v) is 7.71. The number of hydrogen-bond donors (Lipinski definition) is 1. The van der Waals surface area contributed by atoms with Crippen LogP contribution in [0.1, 0.15) is 59.2 Å². The molecular weight excluding hydrogens is 468 g/mol. The highest BCUT2D eigenvalue weighted by Gasteiger charge is 2.48. The molecule has 36 heavy (non-hydrogen) atoms. The zero-order chi connectivity index (χ0) is 25.7. The molecule has 0 aliphatic carbocycles. The van der Waals surface area contributed by atoms with Gasteiger partial charge in [0.1, 0.15) is 5.76 Å². The second-order valence-electron chi connectivity index (χ2n) is 9.78. The van der Waals surface area contributed by atoms with E-state index in [1.807, 2.05) is 63.2 Å². The molecule has 1 aliphatic heterocycles. The van der Waals surface area contributed by atoms with Gasteiger partial charge in [-0.05, 0) is 55.0 Å². The van der Waals surface area contributed by atoms with Gasteiger partial charge in [-0.1, -0.05) is 85.3 Å². The van der Waals surface area contributed by atoms with Crippen molar-refractivity contribution in [1.82, 2.24) is 4.98 Å². The summed E-state index contributed by atoms with van der Waals surface area (Å²) < 4.78 is 0.955. The van der Waals surface area contributed by atoms with Crippen molar-refractivity contribution >= 4 is 44.1 Å². The van der Waals surface area contributed by atoms with Crippen molar-refractivity contribution in [3.8, 4) is 0 Å². The largest absolute Gasteiger partial charge is 0.507 e. The van der Waals surface area contributed by atoms with E-state index in [0.717, 1.165) is 38.0 Å². The number of anilines is 1. The number of Topliss-reactive ketones (excluding diaryl/α,β-unsaturated/α-hetero) is 1.